The van der Waals surface area contributed by atoms with Gasteiger partial charge in [0.05, 0.1) is 12.1 Å². The number of hydrogen-bond acceptors (Lipinski definition) is 2. The second-order valence-electron chi connectivity index (χ2n) is 5.37. The molecule has 2 atom stereocenters. The van der Waals surface area contributed by atoms with Crippen molar-refractivity contribution in [2.24, 2.45) is 0 Å². The van der Waals surface area contributed by atoms with Crippen molar-refractivity contribution < 1.29 is 4.74 Å². The molecule has 0 amide bonds. The molecule has 0 bridgehead atoms. The fourth-order valence-electron chi connectivity index (χ4n) is 2.46. The van der Waals surface area contributed by atoms with Gasteiger partial charge in [0, 0.05) is 6.61 Å². The van der Waals surface area contributed by atoms with E-state index >= 15 is 0 Å². The Morgan fingerprint density at radius 3 is 2.35 bits per heavy atom. The third kappa shape index (κ3) is 6.06. The van der Waals surface area contributed by atoms with Crippen LogP contribution in [-0.4, -0.2) is 19.3 Å². The average Bonchev–Trinajstić information content (AvgIpc) is 2.50. The van der Waals surface area contributed by atoms with Crippen LogP contribution in [0.3, 0.4) is 0 Å². The van der Waals surface area contributed by atoms with Crippen molar-refractivity contribution in [3.05, 3.63) is 35.9 Å². The molecule has 114 valence electrons. The van der Waals surface area contributed by atoms with Crippen LogP contribution < -0.4 is 5.32 Å². The van der Waals surface area contributed by atoms with E-state index in [0.29, 0.717) is 6.04 Å². The molecule has 0 heterocycles. The molecule has 0 aliphatic rings. The number of hydrogen-bond donors (Lipinski definition) is 1. The standard InChI is InChI=1S/C18H31NO/c1-4-7-11-15-20-17(6-3)18(19-14-5-2)16-12-9-8-10-13-16/h8-10,12-13,17-19H,4-7,11,14-15H2,1-3H3. The topological polar surface area (TPSA) is 21.3 Å². The van der Waals surface area contributed by atoms with Gasteiger partial charge in [-0.2, -0.15) is 0 Å². The van der Waals surface area contributed by atoms with Crippen LogP contribution in [-0.2, 0) is 4.74 Å². The van der Waals surface area contributed by atoms with Crippen LogP contribution in [0.1, 0.15) is 64.5 Å². The Labute approximate surface area is 124 Å². The van der Waals surface area contributed by atoms with Gasteiger partial charge in [0.2, 0.25) is 0 Å². The lowest BCUT2D eigenvalue weighted by molar-refractivity contribution is 0.0213. The minimum Gasteiger partial charge on any atom is -0.376 e. The zero-order valence-electron chi connectivity index (χ0n) is 13.4. The molecule has 2 heteroatoms. The Morgan fingerprint density at radius 2 is 1.75 bits per heavy atom. The van der Waals surface area contributed by atoms with Gasteiger partial charge >= 0.3 is 0 Å². The molecule has 2 unspecified atom stereocenters. The van der Waals surface area contributed by atoms with Crippen LogP contribution in [0.15, 0.2) is 30.3 Å². The molecule has 0 spiro atoms. The van der Waals surface area contributed by atoms with Gasteiger partial charge in [0.25, 0.3) is 0 Å². The summed E-state index contributed by atoms with van der Waals surface area (Å²) in [6.07, 6.45) is 6.13. The van der Waals surface area contributed by atoms with E-state index in [0.717, 1.165) is 26.0 Å². The van der Waals surface area contributed by atoms with E-state index in [1.54, 1.807) is 0 Å². The smallest absolute Gasteiger partial charge is 0.0767 e. The van der Waals surface area contributed by atoms with E-state index in [1.807, 2.05) is 0 Å². The van der Waals surface area contributed by atoms with Crippen molar-refractivity contribution >= 4 is 0 Å². The summed E-state index contributed by atoms with van der Waals surface area (Å²) < 4.78 is 6.14. The van der Waals surface area contributed by atoms with E-state index in [1.165, 1.54) is 24.8 Å². The third-order valence-corrected chi connectivity index (χ3v) is 3.63. The first-order valence-electron chi connectivity index (χ1n) is 8.23. The first-order valence-corrected chi connectivity index (χ1v) is 8.23. The lowest BCUT2D eigenvalue weighted by atomic mass is 9.99. The molecule has 20 heavy (non-hydrogen) atoms. The summed E-state index contributed by atoms with van der Waals surface area (Å²) in [5.41, 5.74) is 1.34. The number of nitrogens with one attached hydrogen (secondary N) is 1. The lowest BCUT2D eigenvalue weighted by Gasteiger charge is -2.28. The highest BCUT2D eigenvalue weighted by Gasteiger charge is 2.21. The maximum atomic E-state index is 6.14. The van der Waals surface area contributed by atoms with Crippen LogP contribution in [0, 0.1) is 0 Å². The fraction of sp³-hybridized carbons (Fsp3) is 0.667. The molecule has 0 saturated heterocycles. The molecule has 1 aromatic rings. The highest BCUT2D eigenvalue weighted by molar-refractivity contribution is 5.20. The van der Waals surface area contributed by atoms with Gasteiger partial charge in [-0.05, 0) is 31.4 Å². The molecule has 0 aliphatic carbocycles. The summed E-state index contributed by atoms with van der Waals surface area (Å²) in [6, 6.07) is 11.0. The van der Waals surface area contributed by atoms with Crippen LogP contribution in [0.4, 0.5) is 0 Å². The first-order chi connectivity index (χ1) is 9.83. The quantitative estimate of drug-likeness (QED) is 0.591. The second-order valence-corrected chi connectivity index (χ2v) is 5.37. The van der Waals surface area contributed by atoms with Crippen molar-refractivity contribution in [1.29, 1.82) is 0 Å². The number of rotatable bonds is 11. The Morgan fingerprint density at radius 1 is 1.00 bits per heavy atom. The SMILES string of the molecule is CCCCCOC(CC)C(NCCC)c1ccccc1. The Hall–Kier alpha value is -0.860. The molecule has 0 radical (unpaired) electrons. The van der Waals surface area contributed by atoms with Gasteiger partial charge < -0.3 is 10.1 Å². The van der Waals surface area contributed by atoms with E-state index in [-0.39, 0.29) is 6.10 Å². The third-order valence-electron chi connectivity index (χ3n) is 3.63. The van der Waals surface area contributed by atoms with Crippen molar-refractivity contribution in [1.82, 2.24) is 5.32 Å². The van der Waals surface area contributed by atoms with Crippen LogP contribution in [0.25, 0.3) is 0 Å². The molecule has 0 aromatic heterocycles. The molecule has 1 rings (SSSR count). The largest absolute Gasteiger partial charge is 0.376 e. The van der Waals surface area contributed by atoms with Crippen molar-refractivity contribution in [2.75, 3.05) is 13.2 Å². The summed E-state index contributed by atoms with van der Waals surface area (Å²) in [6.45, 7) is 8.57. The van der Waals surface area contributed by atoms with Gasteiger partial charge in [-0.1, -0.05) is 63.9 Å². The van der Waals surface area contributed by atoms with Crippen molar-refractivity contribution in [2.45, 2.75) is 65.0 Å². The van der Waals surface area contributed by atoms with E-state index < -0.39 is 0 Å². The minimum atomic E-state index is 0.265. The molecular formula is C18H31NO. The van der Waals surface area contributed by atoms with Gasteiger partial charge in [-0.25, -0.2) is 0 Å². The summed E-state index contributed by atoms with van der Waals surface area (Å²) in [5, 5.41) is 3.65. The van der Waals surface area contributed by atoms with Crippen molar-refractivity contribution in [3.63, 3.8) is 0 Å². The predicted octanol–water partition coefficient (Wildman–Crippen LogP) is 4.71. The lowest BCUT2D eigenvalue weighted by Crippen LogP contribution is -2.34. The van der Waals surface area contributed by atoms with E-state index in [2.05, 4.69) is 56.4 Å². The van der Waals surface area contributed by atoms with E-state index in [9.17, 15) is 0 Å². The average molecular weight is 277 g/mol. The molecule has 0 saturated carbocycles. The summed E-state index contributed by atoms with van der Waals surface area (Å²) in [4.78, 5) is 0. The van der Waals surface area contributed by atoms with Gasteiger partial charge in [0.15, 0.2) is 0 Å². The summed E-state index contributed by atoms with van der Waals surface area (Å²) in [5.74, 6) is 0. The monoisotopic (exact) mass is 277 g/mol. The highest BCUT2D eigenvalue weighted by Crippen LogP contribution is 2.22. The molecule has 2 nitrogen and oxygen atoms in total. The second kappa shape index (κ2) is 10.9. The molecule has 1 aromatic carbocycles. The Balaban J connectivity index is 2.63. The van der Waals surface area contributed by atoms with Gasteiger partial charge in [-0.15, -0.1) is 0 Å². The molecule has 0 fully saturated rings. The van der Waals surface area contributed by atoms with Crippen molar-refractivity contribution in [3.8, 4) is 0 Å². The predicted molar refractivity (Wildman–Crippen MR) is 87.0 cm³/mol. The van der Waals surface area contributed by atoms with Crippen LogP contribution in [0.5, 0.6) is 0 Å². The van der Waals surface area contributed by atoms with Crippen LogP contribution >= 0.6 is 0 Å². The molecule has 1 N–H and O–H groups in total. The summed E-state index contributed by atoms with van der Waals surface area (Å²) in [7, 11) is 0. The number of unbranched alkanes of at least 4 members (excludes halogenated alkanes) is 2. The van der Waals surface area contributed by atoms with Gasteiger partial charge in [-0.3, -0.25) is 0 Å². The maximum absolute atomic E-state index is 6.14. The Bertz CT molecular complexity index is 325. The number of ether oxygens (including phenoxy) is 1. The first kappa shape index (κ1) is 17.2. The Kier molecular flexibility index (Phi) is 9.35. The summed E-state index contributed by atoms with van der Waals surface area (Å²) >= 11 is 0. The normalized spacial score (nSPS) is 14.2. The highest BCUT2D eigenvalue weighted by atomic mass is 16.5. The zero-order valence-corrected chi connectivity index (χ0v) is 13.4. The minimum absolute atomic E-state index is 0.265. The maximum Gasteiger partial charge on any atom is 0.0767 e. The van der Waals surface area contributed by atoms with Gasteiger partial charge in [0.1, 0.15) is 0 Å². The van der Waals surface area contributed by atoms with Crippen LogP contribution in [0.2, 0.25) is 0 Å². The zero-order chi connectivity index (χ0) is 14.6. The number of benzene rings is 1. The van der Waals surface area contributed by atoms with E-state index in [4.69, 9.17) is 4.74 Å². The fourth-order valence-corrected chi connectivity index (χ4v) is 2.46. The molecule has 0 aliphatic heterocycles. The molecular weight excluding hydrogens is 246 g/mol.